The zero-order chi connectivity index (χ0) is 17.5. The number of aromatic nitrogens is 2. The molecule has 3 rings (SSSR count). The summed E-state index contributed by atoms with van der Waals surface area (Å²) in [6, 6.07) is 5.98. The molecule has 8 heteroatoms. The van der Waals surface area contributed by atoms with Crippen LogP contribution in [0.15, 0.2) is 29.1 Å². The van der Waals surface area contributed by atoms with E-state index in [9.17, 15) is 19.0 Å². The predicted octanol–water partition coefficient (Wildman–Crippen LogP) is 1.44. The smallest absolute Gasteiger partial charge is 0.258 e. The number of hydrogen-bond donors (Lipinski definition) is 2. The lowest BCUT2D eigenvalue weighted by molar-refractivity contribution is 0.473. The summed E-state index contributed by atoms with van der Waals surface area (Å²) in [5.74, 6) is 1.48. The number of aryl methyl sites for hydroxylation is 2. The highest BCUT2D eigenvalue weighted by atomic mass is 31.2. The van der Waals surface area contributed by atoms with Gasteiger partial charge in [-0.15, -0.1) is 0 Å². The Balaban J connectivity index is 1.97. The SMILES string of the molecule is Cc1cc(=O)n(-c2ccc(N3CC=P(O)(O)CC3)c(F)c2)c(C)n1. The minimum Gasteiger partial charge on any atom is -0.365 e. The van der Waals surface area contributed by atoms with Gasteiger partial charge < -0.3 is 14.7 Å². The zero-order valence-corrected chi connectivity index (χ0v) is 14.4. The van der Waals surface area contributed by atoms with Gasteiger partial charge >= 0.3 is 0 Å². The third-order valence-corrected chi connectivity index (χ3v) is 5.64. The first-order valence-corrected chi connectivity index (χ1v) is 9.51. The summed E-state index contributed by atoms with van der Waals surface area (Å²) in [5.41, 5.74) is 1.15. The fourth-order valence-corrected chi connectivity index (χ4v) is 4.02. The summed E-state index contributed by atoms with van der Waals surface area (Å²) < 4.78 is 15.9. The first-order chi connectivity index (χ1) is 11.3. The molecule has 1 aromatic heterocycles. The highest BCUT2D eigenvalue weighted by Crippen LogP contribution is 2.39. The predicted molar refractivity (Wildman–Crippen MR) is 93.8 cm³/mol. The molecule has 0 saturated carbocycles. The highest BCUT2D eigenvalue weighted by molar-refractivity contribution is 7.64. The van der Waals surface area contributed by atoms with E-state index in [0.29, 0.717) is 29.4 Å². The van der Waals surface area contributed by atoms with Crippen molar-refractivity contribution in [3.05, 3.63) is 52.0 Å². The van der Waals surface area contributed by atoms with Crippen molar-refractivity contribution in [3.63, 3.8) is 0 Å². The Labute approximate surface area is 139 Å². The first-order valence-electron chi connectivity index (χ1n) is 7.57. The van der Waals surface area contributed by atoms with Gasteiger partial charge in [0.15, 0.2) is 0 Å². The van der Waals surface area contributed by atoms with Gasteiger partial charge in [0.05, 0.1) is 11.4 Å². The van der Waals surface area contributed by atoms with Crippen LogP contribution in [0, 0.1) is 19.7 Å². The lowest BCUT2D eigenvalue weighted by Crippen LogP contribution is -2.33. The van der Waals surface area contributed by atoms with Crippen LogP contribution in [0.1, 0.15) is 11.5 Å². The van der Waals surface area contributed by atoms with Crippen molar-refractivity contribution in [2.75, 3.05) is 24.2 Å². The number of anilines is 1. The van der Waals surface area contributed by atoms with E-state index in [1.54, 1.807) is 30.9 Å². The standard InChI is InChI=1S/C16H19FN3O3P/c1-11-9-16(21)20(12(2)18-11)13-3-4-15(14(17)10-13)19-5-7-24(22,23)8-6-19/h3-4,7,9-10,22-23H,5-6,8H2,1-2H3. The maximum Gasteiger partial charge on any atom is 0.258 e. The van der Waals surface area contributed by atoms with E-state index in [1.165, 1.54) is 22.5 Å². The normalized spacial score (nSPS) is 16.8. The van der Waals surface area contributed by atoms with Gasteiger partial charge in [0.2, 0.25) is 0 Å². The van der Waals surface area contributed by atoms with Crippen LogP contribution in [-0.2, 0) is 0 Å². The lowest BCUT2D eigenvalue weighted by atomic mass is 10.2. The minimum atomic E-state index is -2.93. The average molecular weight is 351 g/mol. The lowest BCUT2D eigenvalue weighted by Gasteiger charge is -2.30. The first kappa shape index (κ1) is 16.9. The molecule has 1 aliphatic heterocycles. The number of rotatable bonds is 2. The number of benzene rings is 1. The topological polar surface area (TPSA) is 78.6 Å². The molecule has 1 aromatic carbocycles. The van der Waals surface area contributed by atoms with Gasteiger partial charge in [-0.1, -0.05) is 0 Å². The Bertz CT molecular complexity index is 904. The van der Waals surface area contributed by atoms with Crippen LogP contribution in [0.3, 0.4) is 0 Å². The van der Waals surface area contributed by atoms with Crippen molar-refractivity contribution in [1.29, 1.82) is 0 Å². The average Bonchev–Trinajstić information content (AvgIpc) is 2.47. The van der Waals surface area contributed by atoms with E-state index < -0.39 is 13.2 Å². The van der Waals surface area contributed by atoms with Crippen molar-refractivity contribution in [3.8, 4) is 5.69 Å². The summed E-state index contributed by atoms with van der Waals surface area (Å²) in [5, 5.41) is 0. The molecule has 0 saturated heterocycles. The van der Waals surface area contributed by atoms with Crippen molar-refractivity contribution >= 4 is 18.8 Å². The summed E-state index contributed by atoms with van der Waals surface area (Å²) in [6.45, 7) is 4.09. The molecule has 0 unspecified atom stereocenters. The molecule has 0 radical (unpaired) electrons. The number of hydrogen-bond acceptors (Lipinski definition) is 5. The van der Waals surface area contributed by atoms with Gasteiger partial charge in [-0.3, -0.25) is 9.36 Å². The van der Waals surface area contributed by atoms with E-state index >= 15 is 0 Å². The van der Waals surface area contributed by atoms with Gasteiger partial charge in [0.25, 0.3) is 5.56 Å². The molecular formula is C16H19FN3O3P. The van der Waals surface area contributed by atoms with E-state index in [-0.39, 0.29) is 18.3 Å². The third-order valence-electron chi connectivity index (χ3n) is 4.04. The summed E-state index contributed by atoms with van der Waals surface area (Å²) in [7, 11) is -2.93. The fraction of sp³-hybridized carbons (Fsp3) is 0.312. The van der Waals surface area contributed by atoms with Crippen LogP contribution in [0.25, 0.3) is 5.69 Å². The minimum absolute atomic E-state index is 0.217. The molecule has 0 spiro atoms. The summed E-state index contributed by atoms with van der Waals surface area (Å²) in [6.07, 6.45) is 0.217. The summed E-state index contributed by atoms with van der Waals surface area (Å²) in [4.78, 5) is 37.4. The zero-order valence-electron chi connectivity index (χ0n) is 13.5. The van der Waals surface area contributed by atoms with Crippen molar-refractivity contribution < 1.29 is 14.2 Å². The second-order valence-corrected chi connectivity index (χ2v) is 8.28. The highest BCUT2D eigenvalue weighted by Gasteiger charge is 2.21. The molecule has 0 atom stereocenters. The van der Waals surface area contributed by atoms with Crippen LogP contribution < -0.4 is 10.5 Å². The quantitative estimate of drug-likeness (QED) is 0.801. The van der Waals surface area contributed by atoms with E-state index in [4.69, 9.17) is 0 Å². The second-order valence-electron chi connectivity index (χ2n) is 5.89. The fourth-order valence-electron chi connectivity index (χ4n) is 2.84. The van der Waals surface area contributed by atoms with Crippen LogP contribution >= 0.6 is 7.34 Å². The van der Waals surface area contributed by atoms with Gasteiger partial charge in [0, 0.05) is 37.1 Å². The van der Waals surface area contributed by atoms with Crippen LogP contribution in [0.5, 0.6) is 0 Å². The van der Waals surface area contributed by atoms with E-state index in [1.807, 2.05) is 0 Å². The van der Waals surface area contributed by atoms with Crippen molar-refractivity contribution in [2.45, 2.75) is 13.8 Å². The number of nitrogens with zero attached hydrogens (tertiary/aromatic N) is 3. The van der Waals surface area contributed by atoms with Crippen LogP contribution in [0.4, 0.5) is 10.1 Å². The molecule has 2 aromatic rings. The van der Waals surface area contributed by atoms with Gasteiger partial charge in [-0.25, -0.2) is 9.37 Å². The molecule has 2 heterocycles. The molecule has 0 fully saturated rings. The van der Waals surface area contributed by atoms with E-state index in [0.717, 1.165) is 0 Å². The van der Waals surface area contributed by atoms with Crippen molar-refractivity contribution in [2.24, 2.45) is 0 Å². The van der Waals surface area contributed by atoms with Gasteiger partial charge in [-0.2, -0.15) is 0 Å². The molecule has 1 aliphatic rings. The Kier molecular flexibility index (Phi) is 4.34. The molecule has 128 valence electrons. The summed E-state index contributed by atoms with van der Waals surface area (Å²) >= 11 is 0. The second kappa shape index (κ2) is 6.16. The molecule has 0 bridgehead atoms. The molecule has 24 heavy (non-hydrogen) atoms. The van der Waals surface area contributed by atoms with Crippen LogP contribution in [0.2, 0.25) is 0 Å². The molecule has 0 amide bonds. The van der Waals surface area contributed by atoms with Crippen LogP contribution in [-0.4, -0.2) is 44.4 Å². The van der Waals surface area contributed by atoms with Crippen molar-refractivity contribution in [1.82, 2.24) is 9.55 Å². The Morgan fingerprint density at radius 3 is 2.58 bits per heavy atom. The third kappa shape index (κ3) is 3.29. The molecule has 2 N–H and O–H groups in total. The maximum atomic E-state index is 14.5. The Morgan fingerprint density at radius 1 is 1.25 bits per heavy atom. The Morgan fingerprint density at radius 2 is 2.00 bits per heavy atom. The van der Waals surface area contributed by atoms with Gasteiger partial charge in [0.1, 0.15) is 19.0 Å². The van der Waals surface area contributed by atoms with E-state index in [2.05, 4.69) is 4.98 Å². The maximum absolute atomic E-state index is 14.5. The molecular weight excluding hydrogens is 332 g/mol. The largest absolute Gasteiger partial charge is 0.365 e. The molecule has 6 nitrogen and oxygen atoms in total. The van der Waals surface area contributed by atoms with Gasteiger partial charge in [-0.05, 0) is 31.8 Å². The number of halogens is 1. The monoisotopic (exact) mass is 351 g/mol. The molecule has 0 aliphatic carbocycles. The Hall–Kier alpha value is -1.95.